The Hall–Kier alpha value is -1.55. The second-order valence-corrected chi connectivity index (χ2v) is 7.10. The number of carbonyl (C=O) groups is 1. The normalized spacial score (nSPS) is 29.7. The first-order chi connectivity index (χ1) is 11.3. The smallest absolute Gasteiger partial charge is 0.257 e. The number of rotatable bonds is 4. The molecule has 1 amide bonds. The second-order valence-electron chi connectivity index (χ2n) is 7.10. The largest absolute Gasteiger partial charge is 0.490 e. The lowest BCUT2D eigenvalue weighted by molar-refractivity contribution is 0.0655. The van der Waals surface area contributed by atoms with Crippen LogP contribution >= 0.6 is 0 Å². The quantitative estimate of drug-likeness (QED) is 0.857. The number of amides is 1. The van der Waals surface area contributed by atoms with Crippen LogP contribution in [0.4, 0.5) is 0 Å². The second kappa shape index (κ2) is 6.52. The van der Waals surface area contributed by atoms with Crippen LogP contribution in [0.2, 0.25) is 0 Å². The zero-order valence-electron chi connectivity index (χ0n) is 13.6. The maximum Gasteiger partial charge on any atom is 0.257 e. The van der Waals surface area contributed by atoms with Gasteiger partial charge < -0.3 is 14.4 Å². The highest BCUT2D eigenvalue weighted by Crippen LogP contribution is 2.38. The molecule has 0 aromatic heterocycles. The summed E-state index contributed by atoms with van der Waals surface area (Å²) in [6.07, 6.45) is 6.22. The number of hydrogen-bond donors (Lipinski definition) is 0. The maximum absolute atomic E-state index is 12.9. The van der Waals surface area contributed by atoms with Gasteiger partial charge in [0.25, 0.3) is 5.91 Å². The van der Waals surface area contributed by atoms with E-state index in [0.29, 0.717) is 17.9 Å². The molecule has 2 aliphatic heterocycles. The third-order valence-electron chi connectivity index (χ3n) is 5.58. The van der Waals surface area contributed by atoms with Crippen molar-refractivity contribution >= 4 is 5.91 Å². The molecule has 1 saturated carbocycles. The molecule has 0 bridgehead atoms. The van der Waals surface area contributed by atoms with Crippen molar-refractivity contribution in [2.75, 3.05) is 26.3 Å². The number of likely N-dealkylation sites (tertiary alicyclic amines) is 1. The van der Waals surface area contributed by atoms with E-state index in [1.54, 1.807) is 0 Å². The Balaban J connectivity index is 1.44. The summed E-state index contributed by atoms with van der Waals surface area (Å²) >= 11 is 0. The van der Waals surface area contributed by atoms with Crippen LogP contribution in [0.5, 0.6) is 5.75 Å². The molecule has 124 valence electrons. The highest BCUT2D eigenvalue weighted by atomic mass is 16.5. The van der Waals surface area contributed by atoms with Crippen LogP contribution in [-0.4, -0.2) is 43.2 Å². The fourth-order valence-corrected chi connectivity index (χ4v) is 4.30. The Morgan fingerprint density at radius 2 is 1.91 bits per heavy atom. The van der Waals surface area contributed by atoms with E-state index in [-0.39, 0.29) is 12.0 Å². The van der Waals surface area contributed by atoms with Crippen molar-refractivity contribution in [3.8, 4) is 5.75 Å². The summed E-state index contributed by atoms with van der Waals surface area (Å²) in [4.78, 5) is 14.9. The molecule has 0 radical (unpaired) electrons. The van der Waals surface area contributed by atoms with Crippen LogP contribution < -0.4 is 4.74 Å². The fraction of sp³-hybridized carbons (Fsp3) is 0.632. The molecule has 4 heteroatoms. The Kier molecular flexibility index (Phi) is 4.25. The minimum atomic E-state index is 0.127. The number of para-hydroxylation sites is 1. The summed E-state index contributed by atoms with van der Waals surface area (Å²) in [6, 6.07) is 7.64. The summed E-state index contributed by atoms with van der Waals surface area (Å²) in [7, 11) is 0. The fourth-order valence-electron chi connectivity index (χ4n) is 4.30. The molecule has 3 fully saturated rings. The first-order valence-electron chi connectivity index (χ1n) is 8.94. The minimum Gasteiger partial charge on any atom is -0.490 e. The summed E-state index contributed by atoms with van der Waals surface area (Å²) in [5.41, 5.74) is 0.700. The van der Waals surface area contributed by atoms with Gasteiger partial charge in [0.15, 0.2) is 0 Å². The third-order valence-corrected chi connectivity index (χ3v) is 5.58. The monoisotopic (exact) mass is 315 g/mol. The predicted molar refractivity (Wildman–Crippen MR) is 87.6 cm³/mol. The zero-order chi connectivity index (χ0) is 15.6. The lowest BCUT2D eigenvalue weighted by Crippen LogP contribution is -2.30. The van der Waals surface area contributed by atoms with Crippen molar-refractivity contribution < 1.29 is 14.3 Å². The Bertz CT molecular complexity index is 555. The predicted octanol–water partition coefficient (Wildman–Crippen LogP) is 3.12. The molecule has 1 aromatic rings. The lowest BCUT2D eigenvalue weighted by Gasteiger charge is -2.20. The lowest BCUT2D eigenvalue weighted by atomic mass is 10.0. The molecule has 0 spiro atoms. The van der Waals surface area contributed by atoms with Gasteiger partial charge in [-0.25, -0.2) is 0 Å². The van der Waals surface area contributed by atoms with E-state index in [2.05, 4.69) is 0 Å². The Morgan fingerprint density at radius 1 is 1.13 bits per heavy atom. The van der Waals surface area contributed by atoms with Gasteiger partial charge in [-0.2, -0.15) is 0 Å². The van der Waals surface area contributed by atoms with Gasteiger partial charge in [-0.3, -0.25) is 4.79 Å². The van der Waals surface area contributed by atoms with E-state index in [1.165, 1.54) is 19.3 Å². The molecule has 3 aliphatic rings. The van der Waals surface area contributed by atoms with Crippen LogP contribution in [0.1, 0.15) is 42.5 Å². The van der Waals surface area contributed by atoms with Gasteiger partial charge in [-0.15, -0.1) is 0 Å². The van der Waals surface area contributed by atoms with Crippen LogP contribution in [0.3, 0.4) is 0 Å². The molecular weight excluding hydrogens is 290 g/mol. The minimum absolute atomic E-state index is 0.127. The molecule has 0 unspecified atom stereocenters. The van der Waals surface area contributed by atoms with Crippen LogP contribution in [0.25, 0.3) is 0 Å². The average molecular weight is 315 g/mol. The van der Waals surface area contributed by atoms with Crippen molar-refractivity contribution in [3.63, 3.8) is 0 Å². The van der Waals surface area contributed by atoms with Gasteiger partial charge in [0.1, 0.15) is 12.4 Å². The highest BCUT2D eigenvalue weighted by molar-refractivity contribution is 5.97. The van der Waals surface area contributed by atoms with E-state index in [1.807, 2.05) is 29.2 Å². The SMILES string of the molecule is O=C(c1ccccc1OC[C@@H]1CCCO1)N1C[C@@H]2CCC[C@H]2C1. The molecule has 2 saturated heterocycles. The van der Waals surface area contributed by atoms with Crippen molar-refractivity contribution in [3.05, 3.63) is 29.8 Å². The van der Waals surface area contributed by atoms with Crippen LogP contribution in [0.15, 0.2) is 24.3 Å². The molecule has 3 atom stereocenters. The first kappa shape index (κ1) is 15.0. The number of fused-ring (bicyclic) bond motifs is 1. The number of hydrogen-bond acceptors (Lipinski definition) is 3. The zero-order valence-corrected chi connectivity index (χ0v) is 13.6. The van der Waals surface area contributed by atoms with E-state index >= 15 is 0 Å². The molecule has 2 heterocycles. The molecule has 23 heavy (non-hydrogen) atoms. The van der Waals surface area contributed by atoms with Crippen molar-refractivity contribution in [1.82, 2.24) is 4.90 Å². The van der Waals surface area contributed by atoms with Crippen molar-refractivity contribution in [2.45, 2.75) is 38.2 Å². The summed E-state index contributed by atoms with van der Waals surface area (Å²) < 4.78 is 11.5. The van der Waals surface area contributed by atoms with Gasteiger partial charge in [-0.05, 0) is 49.7 Å². The van der Waals surface area contributed by atoms with Crippen LogP contribution in [-0.2, 0) is 4.74 Å². The molecule has 4 nitrogen and oxygen atoms in total. The van der Waals surface area contributed by atoms with E-state index in [0.717, 1.165) is 44.4 Å². The molecule has 4 rings (SSSR count). The standard InChI is InChI=1S/C19H25NO3/c21-19(20-11-14-5-3-6-15(14)12-20)17-8-1-2-9-18(17)23-13-16-7-4-10-22-16/h1-2,8-9,14-16H,3-7,10-13H2/t14-,15-,16-/m0/s1. The number of benzene rings is 1. The van der Waals surface area contributed by atoms with Gasteiger partial charge in [0, 0.05) is 19.7 Å². The van der Waals surface area contributed by atoms with Gasteiger partial charge in [0.2, 0.25) is 0 Å². The topological polar surface area (TPSA) is 38.8 Å². The highest BCUT2D eigenvalue weighted by Gasteiger charge is 2.38. The molecule has 1 aliphatic carbocycles. The summed E-state index contributed by atoms with van der Waals surface area (Å²) in [6.45, 7) is 3.20. The number of carbonyl (C=O) groups excluding carboxylic acids is 1. The summed E-state index contributed by atoms with van der Waals surface area (Å²) in [5, 5.41) is 0. The number of nitrogens with zero attached hydrogens (tertiary/aromatic N) is 1. The maximum atomic E-state index is 12.9. The molecule has 0 N–H and O–H groups in total. The van der Waals surface area contributed by atoms with Crippen LogP contribution in [0, 0.1) is 11.8 Å². The van der Waals surface area contributed by atoms with E-state index in [9.17, 15) is 4.79 Å². The third kappa shape index (κ3) is 3.09. The molecule has 1 aromatic carbocycles. The van der Waals surface area contributed by atoms with Gasteiger partial charge in [0.05, 0.1) is 11.7 Å². The number of ether oxygens (including phenoxy) is 2. The van der Waals surface area contributed by atoms with E-state index in [4.69, 9.17) is 9.47 Å². The van der Waals surface area contributed by atoms with Gasteiger partial charge in [-0.1, -0.05) is 18.6 Å². The van der Waals surface area contributed by atoms with Crippen molar-refractivity contribution in [1.29, 1.82) is 0 Å². The van der Waals surface area contributed by atoms with E-state index < -0.39 is 0 Å². The first-order valence-corrected chi connectivity index (χ1v) is 8.94. The summed E-state index contributed by atoms with van der Waals surface area (Å²) in [5.74, 6) is 2.27. The Morgan fingerprint density at radius 3 is 2.65 bits per heavy atom. The van der Waals surface area contributed by atoms with Gasteiger partial charge >= 0.3 is 0 Å². The Labute approximate surface area is 137 Å². The average Bonchev–Trinajstić information content (AvgIpc) is 3.29. The molecular formula is C19H25NO3. The van der Waals surface area contributed by atoms with Crippen molar-refractivity contribution in [2.24, 2.45) is 11.8 Å².